The van der Waals surface area contributed by atoms with Crippen LogP contribution in [-0.2, 0) is 6.42 Å². The lowest BCUT2D eigenvalue weighted by Gasteiger charge is -2.00. The van der Waals surface area contributed by atoms with Crippen LogP contribution in [-0.4, -0.2) is 20.4 Å². The first-order valence-electron chi connectivity index (χ1n) is 5.06. The number of hydrogen-bond acceptors (Lipinski definition) is 5. The Kier molecular flexibility index (Phi) is 4.16. The van der Waals surface area contributed by atoms with Crippen molar-refractivity contribution in [2.24, 2.45) is 0 Å². The average molecular weight is 409 g/mol. The van der Waals surface area contributed by atoms with Crippen LogP contribution in [0.3, 0.4) is 0 Å². The third-order valence-corrected chi connectivity index (χ3v) is 4.51. The maximum atomic E-state index is 12.2. The largest absolute Gasteiger partial charge is 0.365 e. The van der Waals surface area contributed by atoms with Gasteiger partial charge in [-0.1, -0.05) is 0 Å². The number of aryl methyl sites for hydroxylation is 1. The van der Waals surface area contributed by atoms with Crippen molar-refractivity contribution >= 4 is 54.9 Å². The predicted octanol–water partition coefficient (Wildman–Crippen LogP) is 3.57. The summed E-state index contributed by atoms with van der Waals surface area (Å²) in [6.07, 6.45) is 0.0980. The number of carbonyl (C=O) groups excluding carboxylic acids is 1. The van der Waals surface area contributed by atoms with Gasteiger partial charge in [0.25, 0.3) is 0 Å². The molecule has 0 saturated heterocycles. The maximum absolute atomic E-state index is 12.2. The van der Waals surface area contributed by atoms with Crippen molar-refractivity contribution in [1.82, 2.24) is 9.55 Å². The fourth-order valence-corrected chi connectivity index (χ4v) is 3.67. The zero-order valence-corrected chi connectivity index (χ0v) is 13.6. The van der Waals surface area contributed by atoms with Crippen molar-refractivity contribution in [2.75, 3.05) is 0 Å². The van der Waals surface area contributed by atoms with E-state index in [-0.39, 0.29) is 22.7 Å². The summed E-state index contributed by atoms with van der Waals surface area (Å²) in [5, 5.41) is 11.0. The number of imidazole rings is 1. The van der Waals surface area contributed by atoms with Crippen LogP contribution in [0.1, 0.15) is 15.5 Å². The minimum atomic E-state index is -0.619. The van der Waals surface area contributed by atoms with Gasteiger partial charge in [-0.3, -0.25) is 0 Å². The van der Waals surface area contributed by atoms with Crippen LogP contribution >= 0.6 is 43.2 Å². The van der Waals surface area contributed by atoms with E-state index in [1.54, 1.807) is 13.0 Å². The molecule has 0 aliphatic heterocycles. The number of halogens is 2. The van der Waals surface area contributed by atoms with E-state index < -0.39 is 4.92 Å². The molecule has 2 heterocycles. The number of carbonyl (C=O) groups is 1. The van der Waals surface area contributed by atoms with Crippen molar-refractivity contribution in [3.63, 3.8) is 0 Å². The minimum absolute atomic E-state index is 0.0655. The molecule has 0 amide bonds. The minimum Gasteiger partial charge on any atom is -0.358 e. The molecule has 0 aliphatic rings. The maximum Gasteiger partial charge on any atom is 0.365 e. The molecule has 0 radical (unpaired) electrons. The first-order valence-corrected chi connectivity index (χ1v) is 7.47. The quantitative estimate of drug-likeness (QED) is 0.574. The van der Waals surface area contributed by atoms with E-state index in [1.165, 1.54) is 11.3 Å². The Balaban J connectivity index is 2.36. The Morgan fingerprint density at radius 2 is 2.21 bits per heavy atom. The summed E-state index contributed by atoms with van der Waals surface area (Å²) in [6.45, 7) is 1.56. The number of aromatic nitrogens is 2. The molecule has 2 aromatic rings. The van der Waals surface area contributed by atoms with Crippen LogP contribution in [0.4, 0.5) is 5.82 Å². The van der Waals surface area contributed by atoms with Gasteiger partial charge >= 0.3 is 11.7 Å². The van der Waals surface area contributed by atoms with Gasteiger partial charge in [0, 0.05) is 11.8 Å². The van der Waals surface area contributed by atoms with Gasteiger partial charge in [-0.05, 0) is 48.9 Å². The topological polar surface area (TPSA) is 78.0 Å². The molecule has 0 atom stereocenters. The third-order valence-electron chi connectivity index (χ3n) is 2.36. The number of hydrogen-bond donors (Lipinski definition) is 0. The summed E-state index contributed by atoms with van der Waals surface area (Å²) in [5.74, 6) is -0.422. The van der Waals surface area contributed by atoms with E-state index in [1.807, 2.05) is 6.07 Å². The summed E-state index contributed by atoms with van der Waals surface area (Å²) in [4.78, 5) is 27.3. The van der Waals surface area contributed by atoms with Gasteiger partial charge in [0.1, 0.15) is 0 Å². The Hall–Kier alpha value is -1.06. The molecule has 0 bridgehead atoms. The van der Waals surface area contributed by atoms with E-state index in [0.29, 0.717) is 5.82 Å². The molecule has 9 heteroatoms. The highest BCUT2D eigenvalue weighted by Gasteiger charge is 2.29. The van der Waals surface area contributed by atoms with Crippen molar-refractivity contribution < 1.29 is 9.72 Å². The second kappa shape index (κ2) is 5.51. The second-order valence-electron chi connectivity index (χ2n) is 3.64. The molecule has 0 N–H and O–H groups in total. The molecular weight excluding hydrogens is 402 g/mol. The smallest absolute Gasteiger partial charge is 0.358 e. The molecule has 0 spiro atoms. The highest BCUT2D eigenvalue weighted by atomic mass is 79.9. The van der Waals surface area contributed by atoms with Crippen molar-refractivity contribution in [3.8, 4) is 0 Å². The number of thiophene rings is 1. The van der Waals surface area contributed by atoms with Crippen LogP contribution in [0, 0.1) is 17.0 Å². The first-order chi connectivity index (χ1) is 8.90. The van der Waals surface area contributed by atoms with Gasteiger partial charge < -0.3 is 10.1 Å². The monoisotopic (exact) mass is 407 g/mol. The zero-order valence-electron chi connectivity index (χ0n) is 9.59. The predicted molar refractivity (Wildman–Crippen MR) is 77.7 cm³/mol. The highest BCUT2D eigenvalue weighted by Crippen LogP contribution is 2.27. The van der Waals surface area contributed by atoms with Gasteiger partial charge in [0.15, 0.2) is 0 Å². The molecule has 100 valence electrons. The lowest BCUT2D eigenvalue weighted by Crippen LogP contribution is -2.16. The summed E-state index contributed by atoms with van der Waals surface area (Å²) in [7, 11) is 0. The summed E-state index contributed by atoms with van der Waals surface area (Å²) in [5.41, 5.74) is 0. The molecule has 0 saturated carbocycles. The Labute approximate surface area is 128 Å². The van der Waals surface area contributed by atoms with Crippen molar-refractivity contribution in [3.05, 3.63) is 41.3 Å². The number of nitrogens with zero attached hydrogens (tertiary/aromatic N) is 3. The molecule has 0 unspecified atom stereocenters. The normalized spacial score (nSPS) is 10.7. The van der Waals surface area contributed by atoms with E-state index >= 15 is 0 Å². The lowest BCUT2D eigenvalue weighted by atomic mass is 10.3. The Morgan fingerprint density at radius 3 is 2.74 bits per heavy atom. The molecule has 2 aromatic heterocycles. The van der Waals surface area contributed by atoms with E-state index in [4.69, 9.17) is 0 Å². The van der Waals surface area contributed by atoms with E-state index in [2.05, 4.69) is 36.8 Å². The van der Waals surface area contributed by atoms with Gasteiger partial charge in [0.2, 0.25) is 10.4 Å². The van der Waals surface area contributed by atoms with Gasteiger partial charge in [0.05, 0.1) is 10.2 Å². The second-order valence-corrected chi connectivity index (χ2v) is 6.94. The van der Waals surface area contributed by atoms with Gasteiger partial charge in [-0.25, -0.2) is 4.79 Å². The summed E-state index contributed by atoms with van der Waals surface area (Å²) in [6, 6.07) is 3.64. The van der Waals surface area contributed by atoms with Crippen LogP contribution in [0.15, 0.2) is 20.5 Å². The molecule has 2 rings (SSSR count). The molecular formula is C10H7Br2N3O3S. The highest BCUT2D eigenvalue weighted by molar-refractivity contribution is 9.11. The fourth-order valence-electron chi connectivity index (χ4n) is 1.62. The molecule has 0 aliphatic carbocycles. The van der Waals surface area contributed by atoms with Crippen LogP contribution in [0.25, 0.3) is 0 Å². The van der Waals surface area contributed by atoms with Gasteiger partial charge in [-0.2, -0.15) is 4.98 Å². The van der Waals surface area contributed by atoms with Crippen LogP contribution in [0.5, 0.6) is 0 Å². The molecule has 19 heavy (non-hydrogen) atoms. The van der Waals surface area contributed by atoms with E-state index in [0.717, 1.165) is 13.2 Å². The third kappa shape index (κ3) is 2.93. The lowest BCUT2D eigenvalue weighted by molar-refractivity contribution is -0.391. The Morgan fingerprint density at radius 1 is 1.53 bits per heavy atom. The SMILES string of the molecule is Cc1nc(Br)c([N+](=O)[O-])n1C(=O)Cc1ccc(Br)s1. The molecule has 6 nitrogen and oxygen atoms in total. The standard InChI is InChI=1S/C10H7Br2N3O3S/c1-5-13-9(12)10(15(17)18)14(5)8(16)4-6-2-3-7(11)19-6/h2-3H,4H2,1H3. The van der Waals surface area contributed by atoms with Crippen molar-refractivity contribution in [1.29, 1.82) is 0 Å². The zero-order chi connectivity index (χ0) is 14.2. The van der Waals surface area contributed by atoms with Crippen LogP contribution in [0.2, 0.25) is 0 Å². The van der Waals surface area contributed by atoms with Crippen LogP contribution < -0.4 is 0 Å². The summed E-state index contributed by atoms with van der Waals surface area (Å²) < 4.78 is 2.00. The Bertz CT molecular complexity index is 665. The average Bonchev–Trinajstić information content (AvgIpc) is 2.82. The van der Waals surface area contributed by atoms with Gasteiger partial charge in [-0.15, -0.1) is 15.9 Å². The first kappa shape index (κ1) is 14.4. The fraction of sp³-hybridized carbons (Fsp3) is 0.200. The number of nitro groups is 1. The summed E-state index contributed by atoms with van der Waals surface area (Å²) >= 11 is 7.72. The van der Waals surface area contributed by atoms with E-state index in [9.17, 15) is 14.9 Å². The number of rotatable bonds is 3. The van der Waals surface area contributed by atoms with Crippen molar-refractivity contribution in [2.45, 2.75) is 13.3 Å². The molecule has 0 fully saturated rings. The molecule has 0 aromatic carbocycles.